The maximum absolute atomic E-state index is 13.0. The van der Waals surface area contributed by atoms with Crippen molar-refractivity contribution in [3.8, 4) is 17.0 Å². The fourth-order valence-corrected chi connectivity index (χ4v) is 3.16. The van der Waals surface area contributed by atoms with Crippen molar-refractivity contribution in [2.75, 3.05) is 12.4 Å². The van der Waals surface area contributed by atoms with Crippen molar-refractivity contribution < 1.29 is 9.53 Å². The third-order valence-corrected chi connectivity index (χ3v) is 4.81. The Morgan fingerprint density at radius 1 is 1.17 bits per heavy atom. The molecule has 0 saturated heterocycles. The van der Waals surface area contributed by atoms with Crippen LogP contribution in [0.15, 0.2) is 59.4 Å². The van der Waals surface area contributed by atoms with Gasteiger partial charge in [0.1, 0.15) is 11.8 Å². The molecular weight excluding hydrogens is 390 g/mol. The summed E-state index contributed by atoms with van der Waals surface area (Å²) in [6.45, 7) is 3.83. The fraction of sp³-hybridized carbons (Fsp3) is 0.227. The highest BCUT2D eigenvalue weighted by molar-refractivity contribution is 6.31. The molecule has 1 atom stereocenters. The smallest absolute Gasteiger partial charge is 0.267 e. The second kappa shape index (κ2) is 8.92. The van der Waals surface area contributed by atoms with E-state index in [2.05, 4.69) is 10.4 Å². The number of aromatic nitrogens is 2. The van der Waals surface area contributed by atoms with Crippen LogP contribution in [0.1, 0.15) is 24.9 Å². The molecule has 3 aromatic rings. The summed E-state index contributed by atoms with van der Waals surface area (Å²) in [7, 11) is 1.51. The largest absolute Gasteiger partial charge is 0.495 e. The Morgan fingerprint density at radius 2 is 1.90 bits per heavy atom. The number of carbonyl (C=O) groups is 1. The topological polar surface area (TPSA) is 73.2 Å². The number of rotatable bonds is 6. The van der Waals surface area contributed by atoms with Crippen LogP contribution in [0.5, 0.6) is 5.75 Å². The van der Waals surface area contributed by atoms with Crippen LogP contribution in [0, 0.1) is 6.92 Å². The third-order valence-electron chi connectivity index (χ3n) is 4.58. The molecule has 1 aromatic heterocycles. The standard InChI is InChI=1S/C22H22ClN3O3/c1-4-19(22(28)24-18-13-16(23)9-11-20(18)29-3)26-21(27)12-10-17(25-26)15-7-5-14(2)6-8-15/h5-13,19H,4H2,1-3H3,(H,24,28)/t19-/m1/s1. The summed E-state index contributed by atoms with van der Waals surface area (Å²) in [5.41, 5.74) is 2.71. The van der Waals surface area contributed by atoms with E-state index in [1.54, 1.807) is 24.3 Å². The highest BCUT2D eigenvalue weighted by Crippen LogP contribution is 2.28. The number of benzene rings is 2. The molecule has 2 aromatic carbocycles. The van der Waals surface area contributed by atoms with Gasteiger partial charge in [-0.1, -0.05) is 48.4 Å². The number of methoxy groups -OCH3 is 1. The molecule has 7 heteroatoms. The molecule has 29 heavy (non-hydrogen) atoms. The van der Waals surface area contributed by atoms with Gasteiger partial charge in [-0.3, -0.25) is 9.59 Å². The number of hydrogen-bond donors (Lipinski definition) is 1. The zero-order chi connectivity index (χ0) is 21.0. The first-order valence-electron chi connectivity index (χ1n) is 9.24. The van der Waals surface area contributed by atoms with Crippen molar-refractivity contribution in [3.05, 3.63) is 75.5 Å². The lowest BCUT2D eigenvalue weighted by molar-refractivity contribution is -0.119. The Kier molecular flexibility index (Phi) is 6.34. The Bertz CT molecular complexity index is 1080. The Morgan fingerprint density at radius 3 is 2.55 bits per heavy atom. The van der Waals surface area contributed by atoms with Crippen LogP contribution in [0.25, 0.3) is 11.3 Å². The van der Waals surface area contributed by atoms with E-state index in [0.717, 1.165) is 11.1 Å². The van der Waals surface area contributed by atoms with Crippen molar-refractivity contribution in [3.63, 3.8) is 0 Å². The summed E-state index contributed by atoms with van der Waals surface area (Å²) in [5.74, 6) is 0.107. The molecule has 0 fully saturated rings. The van der Waals surface area contributed by atoms with Crippen molar-refractivity contribution in [2.45, 2.75) is 26.3 Å². The Labute approximate surface area is 174 Å². The summed E-state index contributed by atoms with van der Waals surface area (Å²) in [4.78, 5) is 25.4. The second-order valence-electron chi connectivity index (χ2n) is 6.63. The number of nitrogens with zero attached hydrogens (tertiary/aromatic N) is 2. The number of carbonyl (C=O) groups excluding carboxylic acids is 1. The lowest BCUT2D eigenvalue weighted by Crippen LogP contribution is -2.34. The Balaban J connectivity index is 1.94. The summed E-state index contributed by atoms with van der Waals surface area (Å²) in [6, 6.07) is 15.1. The van der Waals surface area contributed by atoms with Crippen molar-refractivity contribution in [1.29, 1.82) is 0 Å². The maximum Gasteiger partial charge on any atom is 0.267 e. The minimum Gasteiger partial charge on any atom is -0.495 e. The minimum absolute atomic E-state index is 0.346. The number of aryl methyl sites for hydroxylation is 1. The first kappa shape index (κ1) is 20.6. The molecule has 0 aliphatic carbocycles. The number of nitrogens with one attached hydrogen (secondary N) is 1. The number of amides is 1. The van der Waals surface area contributed by atoms with E-state index in [4.69, 9.17) is 16.3 Å². The zero-order valence-electron chi connectivity index (χ0n) is 16.5. The second-order valence-corrected chi connectivity index (χ2v) is 7.06. The average Bonchev–Trinajstić information content (AvgIpc) is 2.71. The highest BCUT2D eigenvalue weighted by Gasteiger charge is 2.22. The SMILES string of the molecule is CC[C@H](C(=O)Nc1cc(Cl)ccc1OC)n1nc(-c2ccc(C)cc2)ccc1=O. The van der Waals surface area contributed by atoms with Gasteiger partial charge in [0.25, 0.3) is 5.56 Å². The summed E-state index contributed by atoms with van der Waals surface area (Å²) in [5, 5.41) is 7.71. The van der Waals surface area contributed by atoms with Gasteiger partial charge in [-0.25, -0.2) is 4.68 Å². The van der Waals surface area contributed by atoms with Crippen molar-refractivity contribution in [1.82, 2.24) is 9.78 Å². The van der Waals surface area contributed by atoms with Crippen LogP contribution in [0.2, 0.25) is 5.02 Å². The summed E-state index contributed by atoms with van der Waals surface area (Å²) in [6.07, 6.45) is 0.388. The minimum atomic E-state index is -0.781. The summed E-state index contributed by atoms with van der Waals surface area (Å²) >= 11 is 6.04. The third kappa shape index (κ3) is 4.66. The number of anilines is 1. The first-order valence-corrected chi connectivity index (χ1v) is 9.62. The van der Waals surface area contributed by atoms with Crippen LogP contribution >= 0.6 is 11.6 Å². The van der Waals surface area contributed by atoms with Gasteiger partial charge in [-0.05, 0) is 37.6 Å². The molecule has 150 valence electrons. The van der Waals surface area contributed by atoms with E-state index in [0.29, 0.717) is 28.6 Å². The van der Waals surface area contributed by atoms with Crippen LogP contribution in [0.3, 0.4) is 0 Å². The number of ether oxygens (including phenoxy) is 1. The molecule has 0 radical (unpaired) electrons. The number of hydrogen-bond acceptors (Lipinski definition) is 4. The Hall–Kier alpha value is -3.12. The number of halogens is 1. The zero-order valence-corrected chi connectivity index (χ0v) is 17.2. The normalized spacial score (nSPS) is 11.7. The lowest BCUT2D eigenvalue weighted by Gasteiger charge is -2.18. The predicted molar refractivity (Wildman–Crippen MR) is 115 cm³/mol. The van der Waals surface area contributed by atoms with E-state index in [1.807, 2.05) is 38.1 Å². The van der Waals surface area contributed by atoms with Gasteiger partial charge in [0.2, 0.25) is 5.91 Å². The fourth-order valence-electron chi connectivity index (χ4n) is 2.99. The molecule has 0 saturated carbocycles. The van der Waals surface area contributed by atoms with Crippen LogP contribution in [0.4, 0.5) is 5.69 Å². The van der Waals surface area contributed by atoms with Gasteiger partial charge < -0.3 is 10.1 Å². The highest BCUT2D eigenvalue weighted by atomic mass is 35.5. The molecule has 0 aliphatic heterocycles. The van der Waals surface area contributed by atoms with E-state index in [1.165, 1.54) is 17.9 Å². The van der Waals surface area contributed by atoms with Gasteiger partial charge >= 0.3 is 0 Å². The summed E-state index contributed by atoms with van der Waals surface area (Å²) < 4.78 is 6.50. The molecule has 0 aliphatic rings. The van der Waals surface area contributed by atoms with E-state index >= 15 is 0 Å². The van der Waals surface area contributed by atoms with Gasteiger partial charge in [0.05, 0.1) is 18.5 Å². The molecule has 6 nitrogen and oxygen atoms in total. The maximum atomic E-state index is 13.0. The van der Waals surface area contributed by atoms with E-state index < -0.39 is 6.04 Å². The molecule has 1 heterocycles. The van der Waals surface area contributed by atoms with E-state index in [9.17, 15) is 9.59 Å². The molecule has 1 amide bonds. The lowest BCUT2D eigenvalue weighted by atomic mass is 10.1. The van der Waals surface area contributed by atoms with Gasteiger partial charge in [0, 0.05) is 16.7 Å². The van der Waals surface area contributed by atoms with E-state index in [-0.39, 0.29) is 11.5 Å². The molecule has 0 unspecified atom stereocenters. The molecule has 1 N–H and O–H groups in total. The monoisotopic (exact) mass is 411 g/mol. The first-order chi connectivity index (χ1) is 13.9. The molecule has 0 spiro atoms. The quantitative estimate of drug-likeness (QED) is 0.649. The average molecular weight is 412 g/mol. The predicted octanol–water partition coefficient (Wildman–Crippen LogP) is 4.47. The van der Waals surface area contributed by atoms with Crippen LogP contribution < -0.4 is 15.6 Å². The molecular formula is C22H22ClN3O3. The van der Waals surface area contributed by atoms with Gasteiger partial charge in [-0.2, -0.15) is 5.10 Å². The van der Waals surface area contributed by atoms with Gasteiger partial charge in [0.15, 0.2) is 0 Å². The van der Waals surface area contributed by atoms with Crippen molar-refractivity contribution in [2.24, 2.45) is 0 Å². The molecule has 0 bridgehead atoms. The van der Waals surface area contributed by atoms with Gasteiger partial charge in [-0.15, -0.1) is 0 Å². The van der Waals surface area contributed by atoms with Crippen molar-refractivity contribution >= 4 is 23.2 Å². The van der Waals surface area contributed by atoms with Crippen LogP contribution in [-0.4, -0.2) is 22.8 Å². The van der Waals surface area contributed by atoms with Crippen LogP contribution in [-0.2, 0) is 4.79 Å². The molecule has 3 rings (SSSR count).